The molecular formula is C25H29O2S2+. The second kappa shape index (κ2) is 8.53. The molecule has 4 rings (SSSR count). The summed E-state index contributed by atoms with van der Waals surface area (Å²) in [5.74, 6) is 0. The molecule has 2 unspecified atom stereocenters. The highest BCUT2D eigenvalue weighted by Crippen LogP contribution is 2.40. The monoisotopic (exact) mass is 425 g/mol. The number of hydrogen-bond donors (Lipinski definition) is 0. The largest absolute Gasteiger partial charge is 0.223 e. The van der Waals surface area contributed by atoms with Crippen LogP contribution in [0.4, 0.5) is 0 Å². The summed E-state index contributed by atoms with van der Waals surface area (Å²) in [5, 5.41) is -0.210. The Bertz CT molecular complexity index is 985. The van der Waals surface area contributed by atoms with E-state index in [1.165, 1.54) is 9.79 Å². The molecule has 29 heavy (non-hydrogen) atoms. The molecule has 0 bridgehead atoms. The molecular weight excluding hydrogens is 396 g/mol. The highest BCUT2D eigenvalue weighted by molar-refractivity contribution is 7.98. The first kappa shape index (κ1) is 20.5. The maximum Gasteiger partial charge on any atom is 0.181 e. The van der Waals surface area contributed by atoms with Crippen molar-refractivity contribution in [1.29, 1.82) is 0 Å². The van der Waals surface area contributed by atoms with Crippen molar-refractivity contribution in [2.24, 2.45) is 0 Å². The first-order valence-corrected chi connectivity index (χ1v) is 13.3. The van der Waals surface area contributed by atoms with Crippen molar-refractivity contribution in [3.8, 4) is 0 Å². The lowest BCUT2D eigenvalue weighted by Crippen LogP contribution is -2.34. The third-order valence-electron chi connectivity index (χ3n) is 6.04. The van der Waals surface area contributed by atoms with Crippen LogP contribution >= 0.6 is 0 Å². The number of sulfone groups is 1. The van der Waals surface area contributed by atoms with Crippen LogP contribution < -0.4 is 0 Å². The molecule has 0 saturated heterocycles. The van der Waals surface area contributed by atoms with Gasteiger partial charge in [-0.2, -0.15) is 0 Å². The van der Waals surface area contributed by atoms with Crippen molar-refractivity contribution in [3.63, 3.8) is 0 Å². The summed E-state index contributed by atoms with van der Waals surface area (Å²) in [5.41, 5.74) is 0. The minimum atomic E-state index is -3.23. The van der Waals surface area contributed by atoms with Crippen LogP contribution in [0.25, 0.3) is 0 Å². The van der Waals surface area contributed by atoms with E-state index in [4.69, 9.17) is 0 Å². The maximum atomic E-state index is 13.1. The molecule has 0 aromatic heterocycles. The van der Waals surface area contributed by atoms with E-state index in [-0.39, 0.29) is 20.9 Å². The standard InChI is InChI=1S/C25H29O2S2/c1-25(19-9-4-10-20-25)28(21-11-5-2-6-12-21)22-15-17-24(18-16-22)29(26,27)23-13-7-3-8-14-23/h2,4-6,9-12,15-19,23H,3,7-8,13-14,20H2,1H3/q+1. The van der Waals surface area contributed by atoms with Gasteiger partial charge in [0.1, 0.15) is 0 Å². The Morgan fingerprint density at radius 1 is 0.862 bits per heavy atom. The minimum absolute atomic E-state index is 0.0140. The third kappa shape index (κ3) is 4.24. The van der Waals surface area contributed by atoms with Crippen LogP contribution in [0.1, 0.15) is 45.4 Å². The fraction of sp³-hybridized carbons (Fsp3) is 0.360. The highest BCUT2D eigenvalue weighted by atomic mass is 32.2. The molecule has 0 radical (unpaired) electrons. The Kier molecular flexibility index (Phi) is 6.03. The van der Waals surface area contributed by atoms with Crippen LogP contribution in [0, 0.1) is 0 Å². The van der Waals surface area contributed by atoms with Gasteiger partial charge < -0.3 is 0 Å². The topological polar surface area (TPSA) is 34.1 Å². The molecule has 0 heterocycles. The Morgan fingerprint density at radius 3 is 2.14 bits per heavy atom. The van der Waals surface area contributed by atoms with Gasteiger partial charge in [0.15, 0.2) is 24.4 Å². The quantitative estimate of drug-likeness (QED) is 0.542. The lowest BCUT2D eigenvalue weighted by Gasteiger charge is -2.27. The van der Waals surface area contributed by atoms with Gasteiger partial charge in [-0.3, -0.25) is 0 Å². The van der Waals surface area contributed by atoms with Gasteiger partial charge in [0.05, 0.1) is 21.0 Å². The van der Waals surface area contributed by atoms with Gasteiger partial charge in [-0.05, 0) is 62.2 Å². The maximum absolute atomic E-state index is 13.1. The summed E-state index contributed by atoms with van der Waals surface area (Å²) in [6.45, 7) is 2.30. The molecule has 152 valence electrons. The third-order valence-corrected chi connectivity index (χ3v) is 11.0. The second-order valence-corrected chi connectivity index (χ2v) is 12.9. The summed E-state index contributed by atoms with van der Waals surface area (Å²) >= 11 is 0. The Labute approximate surface area is 178 Å². The second-order valence-electron chi connectivity index (χ2n) is 8.20. The predicted octanol–water partition coefficient (Wildman–Crippen LogP) is 6.10. The van der Waals surface area contributed by atoms with Crippen molar-refractivity contribution < 1.29 is 8.42 Å². The molecule has 0 N–H and O–H groups in total. The van der Waals surface area contributed by atoms with E-state index in [0.29, 0.717) is 4.90 Å². The molecule has 0 spiro atoms. The zero-order chi connectivity index (χ0) is 20.3. The lowest BCUT2D eigenvalue weighted by molar-refractivity contribution is 0.483. The van der Waals surface area contributed by atoms with Crippen LogP contribution in [0.2, 0.25) is 0 Å². The molecule has 2 aliphatic carbocycles. The molecule has 2 aliphatic rings. The van der Waals surface area contributed by atoms with Crippen molar-refractivity contribution in [3.05, 3.63) is 78.9 Å². The molecule has 0 amide bonds. The Hall–Kier alpha value is -1.78. The summed E-state index contributed by atoms with van der Waals surface area (Å²) in [7, 11) is -3.41. The highest BCUT2D eigenvalue weighted by Gasteiger charge is 2.44. The number of rotatable bonds is 5. The van der Waals surface area contributed by atoms with Crippen LogP contribution in [-0.4, -0.2) is 18.4 Å². The molecule has 0 aliphatic heterocycles. The number of hydrogen-bond acceptors (Lipinski definition) is 2. The summed E-state index contributed by atoms with van der Waals surface area (Å²) in [4.78, 5) is 2.97. The molecule has 2 nitrogen and oxygen atoms in total. The van der Waals surface area contributed by atoms with Gasteiger partial charge in [-0.1, -0.05) is 55.7 Å². The number of benzene rings is 2. The van der Waals surface area contributed by atoms with Crippen molar-refractivity contribution in [2.45, 2.75) is 70.1 Å². The van der Waals surface area contributed by atoms with Crippen molar-refractivity contribution >= 4 is 20.7 Å². The van der Waals surface area contributed by atoms with Gasteiger partial charge >= 0.3 is 0 Å². The van der Waals surface area contributed by atoms with E-state index in [1.54, 1.807) is 0 Å². The van der Waals surface area contributed by atoms with Gasteiger partial charge in [0, 0.05) is 6.42 Å². The molecule has 2 atom stereocenters. The number of allylic oxidation sites excluding steroid dienone is 3. The fourth-order valence-corrected chi connectivity index (χ4v) is 8.94. The van der Waals surface area contributed by atoms with Gasteiger partial charge in [-0.15, -0.1) is 0 Å². The summed E-state index contributed by atoms with van der Waals surface area (Å²) in [6.07, 6.45) is 14.6. The Balaban J connectivity index is 1.69. The first-order valence-electron chi connectivity index (χ1n) is 10.5. The summed E-state index contributed by atoms with van der Waals surface area (Å²) in [6, 6.07) is 18.4. The molecule has 2 aromatic rings. The van der Waals surface area contributed by atoms with Crippen LogP contribution in [0.5, 0.6) is 0 Å². The lowest BCUT2D eigenvalue weighted by atomic mass is 10.0. The van der Waals surface area contributed by atoms with E-state index in [1.807, 2.05) is 30.3 Å². The zero-order valence-electron chi connectivity index (χ0n) is 17.0. The average Bonchev–Trinajstić information content (AvgIpc) is 2.76. The van der Waals surface area contributed by atoms with E-state index < -0.39 is 9.84 Å². The van der Waals surface area contributed by atoms with E-state index in [9.17, 15) is 8.42 Å². The summed E-state index contributed by atoms with van der Waals surface area (Å²) < 4.78 is 26.2. The molecule has 2 aromatic carbocycles. The van der Waals surface area contributed by atoms with Crippen LogP contribution in [0.15, 0.2) is 93.6 Å². The first-order chi connectivity index (χ1) is 14.0. The predicted molar refractivity (Wildman–Crippen MR) is 122 cm³/mol. The van der Waals surface area contributed by atoms with Crippen molar-refractivity contribution in [2.75, 3.05) is 0 Å². The average molecular weight is 426 g/mol. The van der Waals surface area contributed by atoms with Crippen LogP contribution in [0.3, 0.4) is 0 Å². The fourth-order valence-electron chi connectivity index (χ4n) is 4.42. The van der Waals surface area contributed by atoms with E-state index >= 15 is 0 Å². The minimum Gasteiger partial charge on any atom is -0.223 e. The normalized spacial score (nSPS) is 23.8. The molecule has 1 fully saturated rings. The smallest absolute Gasteiger partial charge is 0.181 e. The van der Waals surface area contributed by atoms with Crippen molar-refractivity contribution in [1.82, 2.24) is 0 Å². The SMILES string of the molecule is CC1([S+](c2ccccc2)c2ccc(S(=O)(=O)C3CCCCC3)cc2)C=CC=CC1. The van der Waals surface area contributed by atoms with Gasteiger partial charge in [-0.25, -0.2) is 8.42 Å². The van der Waals surface area contributed by atoms with E-state index in [2.05, 4.69) is 55.5 Å². The molecule has 4 heteroatoms. The van der Waals surface area contributed by atoms with Gasteiger partial charge in [0.2, 0.25) is 0 Å². The van der Waals surface area contributed by atoms with Crippen LogP contribution in [-0.2, 0) is 20.7 Å². The van der Waals surface area contributed by atoms with Gasteiger partial charge in [0.25, 0.3) is 0 Å². The zero-order valence-corrected chi connectivity index (χ0v) is 18.6. The Morgan fingerprint density at radius 2 is 1.52 bits per heavy atom. The molecule has 1 saturated carbocycles. The van der Waals surface area contributed by atoms with E-state index in [0.717, 1.165) is 38.5 Å².